The average molecular weight is 457 g/mol. The van der Waals surface area contributed by atoms with Crippen LogP contribution in [0.2, 0.25) is 13.1 Å². The molecule has 4 rings (SSSR count). The fraction of sp³-hybridized carbons (Fsp3) is 0.0769. The minimum absolute atomic E-state index is 1.29. The van der Waals surface area contributed by atoms with Gasteiger partial charge < -0.3 is 8.23 Å². The quantitative estimate of drug-likeness (QED) is 0.380. The fourth-order valence-electron chi connectivity index (χ4n) is 3.76. The topological polar surface area (TPSA) is 18.5 Å². The van der Waals surface area contributed by atoms with Crippen LogP contribution in [0.25, 0.3) is 0 Å². The van der Waals surface area contributed by atoms with Crippen LogP contribution in [0.5, 0.6) is 0 Å². The summed E-state index contributed by atoms with van der Waals surface area (Å²) in [6.45, 7) is 4.40. The highest BCUT2D eigenvalue weighted by atomic mass is 28.5. The predicted molar refractivity (Wildman–Crippen MR) is 138 cm³/mol. The number of hydrogen-bond acceptors (Lipinski definition) is 2. The monoisotopic (exact) mass is 456 g/mol. The highest BCUT2D eigenvalue weighted by Crippen LogP contribution is 2.12. The van der Waals surface area contributed by atoms with Crippen molar-refractivity contribution in [3.8, 4) is 0 Å². The first-order chi connectivity index (χ1) is 15.1. The first-order valence-corrected chi connectivity index (χ1v) is 16.7. The standard InChI is InChI=1S/C26H28O2Si3/c1-31(2,27-29(23-15-7-3-8-16-23)24-17-9-4-10-18-24)28-30(25-19-11-5-12-20-25)26-21-13-6-14-22-26/h3-22,29-30H,1-2H3. The molecule has 0 aliphatic carbocycles. The molecule has 0 aromatic heterocycles. The second-order valence-corrected chi connectivity index (χ2v) is 16.9. The lowest BCUT2D eigenvalue weighted by molar-refractivity contribution is 0.424. The molecule has 0 fully saturated rings. The lowest BCUT2D eigenvalue weighted by Crippen LogP contribution is -2.58. The van der Waals surface area contributed by atoms with E-state index in [0.717, 1.165) is 0 Å². The predicted octanol–water partition coefficient (Wildman–Crippen LogP) is 2.80. The molecule has 0 saturated heterocycles. The highest BCUT2D eigenvalue weighted by Gasteiger charge is 2.35. The van der Waals surface area contributed by atoms with Gasteiger partial charge in [0.1, 0.15) is 0 Å². The Labute approximate surface area is 189 Å². The first kappa shape index (κ1) is 21.7. The molecule has 0 saturated carbocycles. The summed E-state index contributed by atoms with van der Waals surface area (Å²) in [5.41, 5.74) is 0. The number of benzene rings is 4. The van der Waals surface area contributed by atoms with Crippen molar-refractivity contribution in [3.05, 3.63) is 121 Å². The second-order valence-electron chi connectivity index (χ2n) is 8.04. The van der Waals surface area contributed by atoms with Crippen LogP contribution in [0, 0.1) is 0 Å². The van der Waals surface area contributed by atoms with Gasteiger partial charge in [-0.2, -0.15) is 0 Å². The molecule has 0 spiro atoms. The lowest BCUT2D eigenvalue weighted by Gasteiger charge is -2.33. The van der Waals surface area contributed by atoms with E-state index in [1.165, 1.54) is 20.7 Å². The maximum absolute atomic E-state index is 6.97. The van der Waals surface area contributed by atoms with Crippen molar-refractivity contribution < 1.29 is 8.23 Å². The van der Waals surface area contributed by atoms with Crippen molar-refractivity contribution in [3.63, 3.8) is 0 Å². The largest absolute Gasteiger partial charge is 0.431 e. The van der Waals surface area contributed by atoms with E-state index < -0.39 is 26.6 Å². The third-order valence-corrected chi connectivity index (χ3v) is 15.6. The van der Waals surface area contributed by atoms with Crippen LogP contribution in [-0.4, -0.2) is 26.6 Å². The minimum Gasteiger partial charge on any atom is -0.431 e. The summed E-state index contributed by atoms with van der Waals surface area (Å²) in [5, 5.41) is 5.15. The molecule has 4 aromatic rings. The van der Waals surface area contributed by atoms with Crippen LogP contribution in [0.4, 0.5) is 0 Å². The summed E-state index contributed by atoms with van der Waals surface area (Å²) >= 11 is 0. The molecular formula is C26H28O2Si3. The van der Waals surface area contributed by atoms with Gasteiger partial charge >= 0.3 is 8.56 Å². The summed E-state index contributed by atoms with van der Waals surface area (Å²) in [6.07, 6.45) is 0. The fourth-order valence-corrected chi connectivity index (χ4v) is 14.3. The van der Waals surface area contributed by atoms with E-state index in [2.05, 4.69) is 134 Å². The molecule has 4 aromatic carbocycles. The van der Waals surface area contributed by atoms with E-state index in [4.69, 9.17) is 8.23 Å². The Balaban J connectivity index is 1.65. The lowest BCUT2D eigenvalue weighted by atomic mass is 10.4. The molecule has 5 heteroatoms. The van der Waals surface area contributed by atoms with Crippen molar-refractivity contribution in [1.29, 1.82) is 0 Å². The molecule has 0 heterocycles. The van der Waals surface area contributed by atoms with Crippen molar-refractivity contribution in [2.75, 3.05) is 0 Å². The van der Waals surface area contributed by atoms with Gasteiger partial charge in [0.05, 0.1) is 0 Å². The van der Waals surface area contributed by atoms with Crippen LogP contribution >= 0.6 is 0 Å². The van der Waals surface area contributed by atoms with Crippen LogP contribution in [0.15, 0.2) is 121 Å². The molecule has 0 aliphatic rings. The Hall–Kier alpha value is -2.55. The van der Waals surface area contributed by atoms with E-state index in [9.17, 15) is 0 Å². The molecule has 0 atom stereocenters. The van der Waals surface area contributed by atoms with Crippen LogP contribution in [-0.2, 0) is 8.23 Å². The second kappa shape index (κ2) is 10.2. The molecule has 156 valence electrons. The third kappa shape index (κ3) is 5.78. The molecule has 0 amide bonds. The number of rotatable bonds is 8. The van der Waals surface area contributed by atoms with Crippen molar-refractivity contribution >= 4 is 47.4 Å². The van der Waals surface area contributed by atoms with E-state index in [1.807, 2.05) is 0 Å². The maximum atomic E-state index is 6.97. The first-order valence-electron chi connectivity index (χ1n) is 10.7. The zero-order valence-corrected chi connectivity index (χ0v) is 21.3. The Morgan fingerprint density at radius 1 is 0.419 bits per heavy atom. The van der Waals surface area contributed by atoms with Crippen LogP contribution < -0.4 is 20.7 Å². The third-order valence-electron chi connectivity index (χ3n) is 5.21. The van der Waals surface area contributed by atoms with Crippen LogP contribution in [0.3, 0.4) is 0 Å². The summed E-state index contributed by atoms with van der Waals surface area (Å²) < 4.78 is 13.9. The molecule has 0 aliphatic heterocycles. The molecule has 0 N–H and O–H groups in total. The Bertz CT molecular complexity index is 893. The SMILES string of the molecule is C[Si](C)(O[SiH](c1ccccc1)c1ccccc1)O[SiH](c1ccccc1)c1ccccc1. The summed E-state index contributed by atoms with van der Waals surface area (Å²) in [6, 6.07) is 42.6. The van der Waals surface area contributed by atoms with Crippen molar-refractivity contribution in [2.45, 2.75) is 13.1 Å². The zero-order chi connectivity index (χ0) is 21.5. The number of hydrogen-bond donors (Lipinski definition) is 0. The summed E-state index contributed by atoms with van der Waals surface area (Å²) in [5.74, 6) is 0. The van der Waals surface area contributed by atoms with Gasteiger partial charge in [-0.15, -0.1) is 0 Å². The summed E-state index contributed by atoms with van der Waals surface area (Å²) in [7, 11) is -6.16. The Morgan fingerprint density at radius 3 is 0.871 bits per heavy atom. The normalized spacial score (nSPS) is 11.7. The molecular weight excluding hydrogens is 429 g/mol. The Kier molecular flexibility index (Phi) is 7.11. The van der Waals surface area contributed by atoms with Crippen molar-refractivity contribution in [2.24, 2.45) is 0 Å². The van der Waals surface area contributed by atoms with Gasteiger partial charge in [-0.1, -0.05) is 121 Å². The van der Waals surface area contributed by atoms with Gasteiger partial charge in [-0.25, -0.2) is 0 Å². The van der Waals surface area contributed by atoms with E-state index in [-0.39, 0.29) is 0 Å². The highest BCUT2D eigenvalue weighted by molar-refractivity contribution is 6.92. The maximum Gasteiger partial charge on any atom is 0.311 e. The van der Waals surface area contributed by atoms with Crippen LogP contribution in [0.1, 0.15) is 0 Å². The molecule has 2 nitrogen and oxygen atoms in total. The minimum atomic E-state index is -2.44. The smallest absolute Gasteiger partial charge is 0.311 e. The van der Waals surface area contributed by atoms with E-state index in [0.29, 0.717) is 0 Å². The van der Waals surface area contributed by atoms with E-state index >= 15 is 0 Å². The summed E-state index contributed by atoms with van der Waals surface area (Å²) in [4.78, 5) is 0. The average Bonchev–Trinajstić information content (AvgIpc) is 2.83. The van der Waals surface area contributed by atoms with Crippen molar-refractivity contribution in [1.82, 2.24) is 0 Å². The van der Waals surface area contributed by atoms with Gasteiger partial charge in [0.15, 0.2) is 0 Å². The molecule has 0 bridgehead atoms. The molecule has 0 radical (unpaired) electrons. The van der Waals surface area contributed by atoms with Gasteiger partial charge in [-0.3, -0.25) is 0 Å². The van der Waals surface area contributed by atoms with Gasteiger partial charge in [0.2, 0.25) is 18.1 Å². The van der Waals surface area contributed by atoms with Gasteiger partial charge in [0, 0.05) is 0 Å². The Morgan fingerprint density at radius 2 is 0.645 bits per heavy atom. The van der Waals surface area contributed by atoms with Gasteiger partial charge in [-0.05, 0) is 33.8 Å². The molecule has 0 unspecified atom stereocenters. The zero-order valence-electron chi connectivity index (χ0n) is 18.0. The van der Waals surface area contributed by atoms with E-state index in [1.54, 1.807) is 0 Å². The molecule has 31 heavy (non-hydrogen) atoms. The van der Waals surface area contributed by atoms with Gasteiger partial charge in [0.25, 0.3) is 0 Å².